The summed E-state index contributed by atoms with van der Waals surface area (Å²) < 4.78 is 23.9. The number of carbonyl (C=O) groups is 2. The molecule has 0 bridgehead atoms. The van der Waals surface area contributed by atoms with Crippen molar-refractivity contribution in [2.75, 3.05) is 19.7 Å². The number of hydrogen-bond donors (Lipinski definition) is 0. The fraction of sp³-hybridized carbons (Fsp3) is 0.435. The summed E-state index contributed by atoms with van der Waals surface area (Å²) in [5, 5.41) is 4.16. The van der Waals surface area contributed by atoms with E-state index in [2.05, 4.69) is 5.16 Å². The van der Waals surface area contributed by atoms with E-state index >= 15 is 0 Å². The molecular formula is C23H25FN2O5. The van der Waals surface area contributed by atoms with Gasteiger partial charge in [0.15, 0.2) is 5.76 Å². The van der Waals surface area contributed by atoms with Crippen molar-refractivity contribution in [3.8, 4) is 0 Å². The average molecular weight is 428 g/mol. The maximum absolute atomic E-state index is 13.2. The third-order valence-electron chi connectivity index (χ3n) is 5.83. The molecule has 1 saturated heterocycles. The van der Waals surface area contributed by atoms with Crippen molar-refractivity contribution in [1.82, 2.24) is 4.90 Å². The summed E-state index contributed by atoms with van der Waals surface area (Å²) >= 11 is 0. The zero-order valence-electron chi connectivity index (χ0n) is 17.4. The van der Waals surface area contributed by atoms with Crippen molar-refractivity contribution in [1.29, 1.82) is 0 Å². The first-order valence-corrected chi connectivity index (χ1v) is 10.5. The molecule has 1 amide bonds. The Morgan fingerprint density at radius 2 is 2.10 bits per heavy atom. The lowest BCUT2D eigenvalue weighted by molar-refractivity contribution is -0.161. The molecule has 0 N–H and O–H groups in total. The normalized spacial score (nSPS) is 23.2. The molecule has 2 atom stereocenters. The van der Waals surface area contributed by atoms with Crippen molar-refractivity contribution in [3.05, 3.63) is 59.8 Å². The van der Waals surface area contributed by atoms with Gasteiger partial charge in [0.05, 0.1) is 24.0 Å². The lowest BCUT2D eigenvalue weighted by atomic mass is 9.74. The summed E-state index contributed by atoms with van der Waals surface area (Å²) in [6, 6.07) is 9.36. The van der Waals surface area contributed by atoms with Crippen LogP contribution in [0.2, 0.25) is 0 Å². The highest BCUT2D eigenvalue weighted by atomic mass is 19.1. The van der Waals surface area contributed by atoms with E-state index < -0.39 is 5.41 Å². The minimum Gasteiger partial charge on any atom is -0.466 e. The Labute approximate surface area is 179 Å². The summed E-state index contributed by atoms with van der Waals surface area (Å²) in [4.78, 5) is 33.1. The van der Waals surface area contributed by atoms with Crippen LogP contribution in [0.3, 0.4) is 0 Å². The highest BCUT2D eigenvalue weighted by Crippen LogP contribution is 2.39. The Hall–Kier alpha value is -3.16. The van der Waals surface area contributed by atoms with Gasteiger partial charge >= 0.3 is 5.97 Å². The van der Waals surface area contributed by atoms with Gasteiger partial charge in [0, 0.05) is 25.9 Å². The first kappa shape index (κ1) is 21.1. The molecule has 0 saturated carbocycles. The second kappa shape index (κ2) is 8.91. The predicted molar refractivity (Wildman–Crippen MR) is 110 cm³/mol. The molecule has 4 rings (SSSR count). The Balaban J connectivity index is 1.49. The zero-order chi connectivity index (χ0) is 21.8. The van der Waals surface area contributed by atoms with Crippen molar-refractivity contribution >= 4 is 17.6 Å². The first-order chi connectivity index (χ1) is 15.0. The van der Waals surface area contributed by atoms with Crippen molar-refractivity contribution in [3.63, 3.8) is 0 Å². The van der Waals surface area contributed by atoms with Crippen LogP contribution in [0.1, 0.15) is 48.7 Å². The second-order valence-corrected chi connectivity index (χ2v) is 7.99. The molecule has 31 heavy (non-hydrogen) atoms. The third kappa shape index (κ3) is 4.47. The SMILES string of the molecule is CCOC(=O)[C@]1(C[C@H]2CC(c3ccc(F)cc3)=NO2)CCCN(C(=O)c2ccco2)C1. The molecule has 8 heteroatoms. The van der Waals surface area contributed by atoms with E-state index in [1.807, 2.05) is 0 Å². The van der Waals surface area contributed by atoms with Gasteiger partial charge in [-0.1, -0.05) is 17.3 Å². The molecule has 164 valence electrons. The van der Waals surface area contributed by atoms with Gasteiger partial charge in [-0.05, 0) is 49.6 Å². The Morgan fingerprint density at radius 3 is 2.81 bits per heavy atom. The van der Waals surface area contributed by atoms with Crippen LogP contribution in [0, 0.1) is 11.2 Å². The molecule has 3 heterocycles. The van der Waals surface area contributed by atoms with Gasteiger partial charge in [0.2, 0.25) is 0 Å². The number of benzene rings is 1. The fourth-order valence-corrected chi connectivity index (χ4v) is 4.35. The molecule has 1 aromatic carbocycles. The molecular weight excluding hydrogens is 403 g/mol. The molecule has 2 aliphatic rings. The molecule has 2 aromatic rings. The van der Waals surface area contributed by atoms with E-state index in [-0.39, 0.29) is 42.7 Å². The van der Waals surface area contributed by atoms with Crippen LogP contribution < -0.4 is 0 Å². The van der Waals surface area contributed by atoms with Gasteiger partial charge in [-0.25, -0.2) is 4.39 Å². The van der Waals surface area contributed by atoms with Gasteiger partial charge in [-0.2, -0.15) is 0 Å². The molecule has 0 unspecified atom stereocenters. The van der Waals surface area contributed by atoms with Gasteiger partial charge in [0.1, 0.15) is 11.9 Å². The van der Waals surface area contributed by atoms with Crippen LogP contribution >= 0.6 is 0 Å². The number of rotatable bonds is 6. The number of furan rings is 1. The number of piperidine rings is 1. The maximum Gasteiger partial charge on any atom is 0.314 e. The molecule has 1 fully saturated rings. The highest BCUT2D eigenvalue weighted by Gasteiger charge is 2.48. The number of hydrogen-bond acceptors (Lipinski definition) is 6. The van der Waals surface area contributed by atoms with Gasteiger partial charge in [-0.15, -0.1) is 0 Å². The molecule has 0 radical (unpaired) electrons. The van der Waals surface area contributed by atoms with Crippen LogP contribution in [0.4, 0.5) is 4.39 Å². The quantitative estimate of drug-likeness (QED) is 0.654. The summed E-state index contributed by atoms with van der Waals surface area (Å²) in [5.74, 6) is -0.636. The van der Waals surface area contributed by atoms with Gasteiger partial charge < -0.3 is 18.9 Å². The Kier molecular flexibility index (Phi) is 6.06. The minimum absolute atomic E-state index is 0.233. The van der Waals surface area contributed by atoms with Crippen LogP contribution in [0.15, 0.2) is 52.2 Å². The minimum atomic E-state index is -0.880. The van der Waals surface area contributed by atoms with E-state index in [0.717, 1.165) is 5.56 Å². The smallest absolute Gasteiger partial charge is 0.314 e. The topological polar surface area (TPSA) is 81.3 Å². The number of ether oxygens (including phenoxy) is 1. The lowest BCUT2D eigenvalue weighted by Gasteiger charge is -2.41. The largest absolute Gasteiger partial charge is 0.466 e. The fourth-order valence-electron chi connectivity index (χ4n) is 4.35. The van der Waals surface area contributed by atoms with Crippen LogP contribution in [-0.4, -0.2) is 48.3 Å². The predicted octanol–water partition coefficient (Wildman–Crippen LogP) is 3.79. The van der Waals surface area contributed by atoms with Crippen molar-refractivity contribution in [2.24, 2.45) is 10.6 Å². The van der Waals surface area contributed by atoms with Gasteiger partial charge in [0.25, 0.3) is 5.91 Å². The van der Waals surface area contributed by atoms with E-state index in [1.54, 1.807) is 36.1 Å². The molecule has 7 nitrogen and oxygen atoms in total. The maximum atomic E-state index is 13.2. The summed E-state index contributed by atoms with van der Waals surface area (Å²) in [6.07, 6.45) is 3.27. The number of nitrogens with zero attached hydrogens (tertiary/aromatic N) is 2. The molecule has 2 aliphatic heterocycles. The number of oxime groups is 1. The Bertz CT molecular complexity index is 957. The zero-order valence-corrected chi connectivity index (χ0v) is 17.4. The average Bonchev–Trinajstić information content (AvgIpc) is 3.47. The molecule has 0 spiro atoms. The number of halogens is 1. The number of esters is 1. The third-order valence-corrected chi connectivity index (χ3v) is 5.83. The van der Waals surface area contributed by atoms with E-state index in [9.17, 15) is 14.0 Å². The van der Waals surface area contributed by atoms with Gasteiger partial charge in [-0.3, -0.25) is 9.59 Å². The van der Waals surface area contributed by atoms with Crippen molar-refractivity contribution < 1.29 is 28.0 Å². The summed E-state index contributed by atoms with van der Waals surface area (Å²) in [6.45, 7) is 2.80. The second-order valence-electron chi connectivity index (χ2n) is 7.99. The summed E-state index contributed by atoms with van der Waals surface area (Å²) in [7, 11) is 0. The van der Waals surface area contributed by atoms with E-state index in [0.29, 0.717) is 37.9 Å². The van der Waals surface area contributed by atoms with Crippen LogP contribution in [-0.2, 0) is 14.4 Å². The first-order valence-electron chi connectivity index (χ1n) is 10.5. The lowest BCUT2D eigenvalue weighted by Crippen LogP contribution is -2.51. The van der Waals surface area contributed by atoms with Crippen LogP contribution in [0.5, 0.6) is 0 Å². The summed E-state index contributed by atoms with van der Waals surface area (Å²) in [5.41, 5.74) is 0.616. The highest BCUT2D eigenvalue weighted by molar-refractivity contribution is 6.01. The van der Waals surface area contributed by atoms with E-state index in [1.165, 1.54) is 18.4 Å². The standard InChI is InChI=1S/C23H25FN2O5/c1-2-29-22(28)23(10-4-11-26(15-23)21(27)20-5-3-12-30-20)14-18-13-19(25-31-18)16-6-8-17(24)9-7-16/h3,5-9,12,18H,2,4,10-11,13-15H2,1H3/t18-,23+/m1/s1. The molecule has 0 aliphatic carbocycles. The van der Waals surface area contributed by atoms with Crippen molar-refractivity contribution in [2.45, 2.75) is 38.7 Å². The number of amides is 1. The number of likely N-dealkylation sites (tertiary alicyclic amines) is 1. The Morgan fingerprint density at radius 1 is 1.29 bits per heavy atom. The number of carbonyl (C=O) groups excluding carboxylic acids is 2. The van der Waals surface area contributed by atoms with E-state index in [4.69, 9.17) is 14.0 Å². The monoisotopic (exact) mass is 428 g/mol. The van der Waals surface area contributed by atoms with Crippen LogP contribution in [0.25, 0.3) is 0 Å². The molecule has 1 aromatic heterocycles.